The molecule has 1 aliphatic heterocycles. The molecule has 0 bridgehead atoms. The molecule has 0 radical (unpaired) electrons. The molecule has 2 aromatic rings. The Kier molecular flexibility index (Phi) is 5.50. The molecule has 1 heterocycles. The number of anilines is 2. The molecule has 0 fully saturated rings. The van der Waals surface area contributed by atoms with E-state index in [4.69, 9.17) is 5.73 Å². The standard InChI is InChI=1S/C19H21N3O2.ClH/c1-19(2,20)18(24)21-15-8-5-7-14(12-15)17(23)22-11-10-13-6-3-4-9-16(13)22;/h3-9,12H,10-11,20H2,1-2H3,(H,21,24);1H. The summed E-state index contributed by atoms with van der Waals surface area (Å²) in [6.45, 7) is 3.95. The first-order valence-electron chi connectivity index (χ1n) is 7.96. The Hall–Kier alpha value is -2.37. The lowest BCUT2D eigenvalue weighted by atomic mass is 10.1. The van der Waals surface area contributed by atoms with Crippen molar-refractivity contribution in [3.8, 4) is 0 Å². The van der Waals surface area contributed by atoms with Gasteiger partial charge >= 0.3 is 0 Å². The number of amides is 2. The summed E-state index contributed by atoms with van der Waals surface area (Å²) in [4.78, 5) is 26.6. The smallest absolute Gasteiger partial charge is 0.258 e. The number of nitrogens with two attached hydrogens (primary N) is 1. The topological polar surface area (TPSA) is 75.4 Å². The maximum absolute atomic E-state index is 12.8. The van der Waals surface area contributed by atoms with E-state index in [0.29, 0.717) is 17.8 Å². The van der Waals surface area contributed by atoms with Crippen molar-refractivity contribution in [2.24, 2.45) is 5.73 Å². The fraction of sp³-hybridized carbons (Fsp3) is 0.263. The van der Waals surface area contributed by atoms with Crippen LogP contribution in [0.2, 0.25) is 0 Å². The average molecular weight is 360 g/mol. The minimum atomic E-state index is -0.978. The Bertz CT molecular complexity index is 799. The summed E-state index contributed by atoms with van der Waals surface area (Å²) < 4.78 is 0. The fourth-order valence-corrected chi connectivity index (χ4v) is 2.73. The second-order valence-corrected chi connectivity index (χ2v) is 6.59. The Morgan fingerprint density at radius 3 is 2.56 bits per heavy atom. The van der Waals surface area contributed by atoms with Crippen molar-refractivity contribution >= 4 is 35.6 Å². The zero-order chi connectivity index (χ0) is 17.3. The van der Waals surface area contributed by atoms with Crippen LogP contribution in [0, 0.1) is 0 Å². The van der Waals surface area contributed by atoms with Crippen molar-refractivity contribution in [3.63, 3.8) is 0 Å². The molecule has 0 saturated heterocycles. The Balaban J connectivity index is 0.00000225. The van der Waals surface area contributed by atoms with Gasteiger partial charge in [0, 0.05) is 23.5 Å². The van der Waals surface area contributed by atoms with Crippen molar-refractivity contribution < 1.29 is 9.59 Å². The van der Waals surface area contributed by atoms with Crippen molar-refractivity contribution in [1.29, 1.82) is 0 Å². The first kappa shape index (κ1) is 19.0. The molecular formula is C19H22ClN3O2. The second kappa shape index (κ2) is 7.25. The number of nitrogens with one attached hydrogen (secondary N) is 1. The van der Waals surface area contributed by atoms with Crippen LogP contribution in [0.4, 0.5) is 11.4 Å². The summed E-state index contributed by atoms with van der Waals surface area (Å²) in [6.07, 6.45) is 0.861. The SMILES string of the molecule is CC(C)(N)C(=O)Nc1cccc(C(=O)N2CCc3ccccc32)c1.Cl. The van der Waals surface area contributed by atoms with Gasteiger partial charge < -0.3 is 16.0 Å². The van der Waals surface area contributed by atoms with Gasteiger partial charge in [-0.3, -0.25) is 9.59 Å². The molecule has 2 amide bonds. The molecular weight excluding hydrogens is 338 g/mol. The number of carbonyl (C=O) groups excluding carboxylic acids is 2. The van der Waals surface area contributed by atoms with E-state index in [1.807, 2.05) is 24.3 Å². The van der Waals surface area contributed by atoms with E-state index in [0.717, 1.165) is 12.1 Å². The highest BCUT2D eigenvalue weighted by atomic mass is 35.5. The number of para-hydroxylation sites is 1. The third-order valence-corrected chi connectivity index (χ3v) is 4.08. The number of halogens is 1. The lowest BCUT2D eigenvalue weighted by Crippen LogP contribution is -2.45. The molecule has 3 N–H and O–H groups in total. The van der Waals surface area contributed by atoms with Crippen molar-refractivity contribution in [1.82, 2.24) is 0 Å². The number of hydrogen-bond donors (Lipinski definition) is 2. The summed E-state index contributed by atoms with van der Waals surface area (Å²) in [7, 11) is 0. The number of carbonyl (C=O) groups is 2. The molecule has 5 nitrogen and oxygen atoms in total. The Morgan fingerprint density at radius 2 is 1.84 bits per heavy atom. The van der Waals surface area contributed by atoms with Gasteiger partial charge in [-0.15, -0.1) is 12.4 Å². The van der Waals surface area contributed by atoms with E-state index in [-0.39, 0.29) is 24.2 Å². The van der Waals surface area contributed by atoms with Crippen molar-refractivity contribution in [3.05, 3.63) is 59.7 Å². The number of fused-ring (bicyclic) bond motifs is 1. The highest BCUT2D eigenvalue weighted by molar-refractivity contribution is 6.08. The van der Waals surface area contributed by atoms with Crippen LogP contribution >= 0.6 is 12.4 Å². The molecule has 2 aromatic carbocycles. The molecule has 0 spiro atoms. The molecule has 25 heavy (non-hydrogen) atoms. The minimum absolute atomic E-state index is 0. The second-order valence-electron chi connectivity index (χ2n) is 6.59. The van der Waals surface area contributed by atoms with Crippen LogP contribution in [-0.2, 0) is 11.2 Å². The summed E-state index contributed by atoms with van der Waals surface area (Å²) in [6, 6.07) is 14.9. The highest BCUT2D eigenvalue weighted by Crippen LogP contribution is 2.29. The van der Waals surface area contributed by atoms with Crippen molar-refractivity contribution in [2.45, 2.75) is 25.8 Å². The molecule has 1 aliphatic rings. The van der Waals surface area contributed by atoms with Crippen LogP contribution in [-0.4, -0.2) is 23.9 Å². The third-order valence-electron chi connectivity index (χ3n) is 4.08. The van der Waals surface area contributed by atoms with Gasteiger partial charge in [-0.05, 0) is 50.1 Å². The molecule has 0 saturated carbocycles. The Morgan fingerprint density at radius 1 is 1.12 bits per heavy atom. The van der Waals surface area contributed by atoms with Crippen LogP contribution in [0.25, 0.3) is 0 Å². The molecule has 132 valence electrons. The largest absolute Gasteiger partial charge is 0.324 e. The van der Waals surface area contributed by atoms with Gasteiger partial charge in [0.15, 0.2) is 0 Å². The maximum Gasteiger partial charge on any atom is 0.258 e. The van der Waals surface area contributed by atoms with E-state index in [1.54, 1.807) is 43.0 Å². The first-order chi connectivity index (χ1) is 11.4. The first-order valence-corrected chi connectivity index (χ1v) is 7.96. The quantitative estimate of drug-likeness (QED) is 0.884. The van der Waals surface area contributed by atoms with Crippen LogP contribution in [0.5, 0.6) is 0 Å². The van der Waals surface area contributed by atoms with Crippen LogP contribution < -0.4 is 16.0 Å². The van der Waals surface area contributed by atoms with E-state index in [1.165, 1.54) is 5.56 Å². The molecule has 6 heteroatoms. The van der Waals surface area contributed by atoms with Gasteiger partial charge in [0.25, 0.3) is 5.91 Å². The highest BCUT2D eigenvalue weighted by Gasteiger charge is 2.26. The predicted octanol–water partition coefficient (Wildman–Crippen LogP) is 2.99. The van der Waals surface area contributed by atoms with Gasteiger partial charge in [-0.25, -0.2) is 0 Å². The van der Waals surface area contributed by atoms with Gasteiger partial charge in [0.1, 0.15) is 0 Å². The van der Waals surface area contributed by atoms with E-state index >= 15 is 0 Å². The minimum Gasteiger partial charge on any atom is -0.324 e. The number of benzene rings is 2. The summed E-state index contributed by atoms with van der Waals surface area (Å²) in [5, 5.41) is 2.75. The summed E-state index contributed by atoms with van der Waals surface area (Å²) in [5.74, 6) is -0.360. The molecule has 3 rings (SSSR count). The normalized spacial score (nSPS) is 13.0. The number of nitrogens with zero attached hydrogens (tertiary/aromatic N) is 1. The van der Waals surface area contributed by atoms with Crippen LogP contribution in [0.1, 0.15) is 29.8 Å². The molecule has 0 aromatic heterocycles. The van der Waals surface area contributed by atoms with E-state index in [2.05, 4.69) is 5.32 Å². The van der Waals surface area contributed by atoms with E-state index in [9.17, 15) is 9.59 Å². The van der Waals surface area contributed by atoms with E-state index < -0.39 is 5.54 Å². The molecule has 0 aliphatic carbocycles. The van der Waals surface area contributed by atoms with Crippen LogP contribution in [0.3, 0.4) is 0 Å². The van der Waals surface area contributed by atoms with Crippen molar-refractivity contribution in [2.75, 3.05) is 16.8 Å². The van der Waals surface area contributed by atoms with Gasteiger partial charge in [-0.1, -0.05) is 24.3 Å². The van der Waals surface area contributed by atoms with Crippen LogP contribution in [0.15, 0.2) is 48.5 Å². The average Bonchev–Trinajstić information content (AvgIpc) is 2.97. The predicted molar refractivity (Wildman–Crippen MR) is 102 cm³/mol. The zero-order valence-corrected chi connectivity index (χ0v) is 15.1. The van der Waals surface area contributed by atoms with Gasteiger partial charge in [-0.2, -0.15) is 0 Å². The zero-order valence-electron chi connectivity index (χ0n) is 14.3. The van der Waals surface area contributed by atoms with Gasteiger partial charge in [0.2, 0.25) is 5.91 Å². The number of rotatable bonds is 3. The maximum atomic E-state index is 12.8. The fourth-order valence-electron chi connectivity index (χ4n) is 2.73. The third kappa shape index (κ3) is 4.00. The Labute approximate surface area is 153 Å². The van der Waals surface area contributed by atoms with Gasteiger partial charge in [0.05, 0.1) is 5.54 Å². The summed E-state index contributed by atoms with van der Waals surface area (Å²) >= 11 is 0. The summed E-state index contributed by atoms with van der Waals surface area (Å²) in [5.41, 5.74) is 8.06. The number of hydrogen-bond acceptors (Lipinski definition) is 3. The lowest BCUT2D eigenvalue weighted by Gasteiger charge is -2.19. The molecule has 0 unspecified atom stereocenters. The monoisotopic (exact) mass is 359 g/mol. The molecule has 0 atom stereocenters. The lowest BCUT2D eigenvalue weighted by molar-refractivity contribution is -0.120.